The van der Waals surface area contributed by atoms with E-state index in [-0.39, 0.29) is 11.8 Å². The fourth-order valence-corrected chi connectivity index (χ4v) is 3.33. The van der Waals surface area contributed by atoms with Gasteiger partial charge in [-0.05, 0) is 29.7 Å². The molecule has 0 atom stereocenters. The van der Waals surface area contributed by atoms with E-state index in [0.29, 0.717) is 18.9 Å². The fourth-order valence-electron chi connectivity index (χ4n) is 3.33. The van der Waals surface area contributed by atoms with E-state index in [1.165, 1.54) is 32.1 Å². The number of fused-ring (bicyclic) bond motifs is 1. The van der Waals surface area contributed by atoms with Crippen LogP contribution in [0.3, 0.4) is 0 Å². The molecule has 1 aromatic carbocycles. The van der Waals surface area contributed by atoms with E-state index in [4.69, 9.17) is 0 Å². The van der Waals surface area contributed by atoms with Crippen LogP contribution in [0.5, 0.6) is 0 Å². The number of Topliss-reactive ketones (excluding diaryl/α,β-unsaturated/α-hetero) is 1. The molecule has 0 radical (unpaired) electrons. The zero-order valence-electron chi connectivity index (χ0n) is 12.5. The molecule has 3 rings (SSSR count). The van der Waals surface area contributed by atoms with Gasteiger partial charge in [-0.25, -0.2) is 4.79 Å². The van der Waals surface area contributed by atoms with Crippen molar-refractivity contribution in [3.8, 4) is 0 Å². The van der Waals surface area contributed by atoms with E-state index in [1.807, 2.05) is 18.2 Å². The number of hydrogen-bond acceptors (Lipinski definition) is 2. The molecule has 4 nitrogen and oxygen atoms in total. The molecular weight excluding hydrogens is 264 g/mol. The van der Waals surface area contributed by atoms with Crippen molar-refractivity contribution in [3.05, 3.63) is 29.3 Å². The van der Waals surface area contributed by atoms with Crippen LogP contribution in [0.4, 0.5) is 10.5 Å². The Hall–Kier alpha value is -1.84. The SMILES string of the molecule is CN1Cc2cc(C(=O)CC3CCCCC3)ccc2NC1=O. The summed E-state index contributed by atoms with van der Waals surface area (Å²) in [5.74, 6) is 0.800. The first-order valence-electron chi connectivity index (χ1n) is 7.82. The first-order chi connectivity index (χ1) is 10.1. The number of amides is 2. The maximum Gasteiger partial charge on any atom is 0.321 e. The van der Waals surface area contributed by atoms with Crippen molar-refractivity contribution in [1.29, 1.82) is 0 Å². The summed E-state index contributed by atoms with van der Waals surface area (Å²) in [6.07, 6.45) is 6.89. The van der Waals surface area contributed by atoms with Gasteiger partial charge in [0.05, 0.1) is 0 Å². The van der Waals surface area contributed by atoms with Crippen molar-refractivity contribution in [1.82, 2.24) is 4.90 Å². The molecule has 1 saturated carbocycles. The lowest BCUT2D eigenvalue weighted by Gasteiger charge is -2.26. The highest BCUT2D eigenvalue weighted by Gasteiger charge is 2.22. The van der Waals surface area contributed by atoms with Gasteiger partial charge in [0.2, 0.25) is 0 Å². The Kier molecular flexibility index (Phi) is 3.95. The maximum absolute atomic E-state index is 12.4. The molecule has 112 valence electrons. The highest BCUT2D eigenvalue weighted by atomic mass is 16.2. The minimum Gasteiger partial charge on any atom is -0.323 e. The van der Waals surface area contributed by atoms with E-state index in [2.05, 4.69) is 5.32 Å². The zero-order chi connectivity index (χ0) is 14.8. The molecule has 1 N–H and O–H groups in total. The summed E-state index contributed by atoms with van der Waals surface area (Å²) < 4.78 is 0. The van der Waals surface area contributed by atoms with E-state index < -0.39 is 0 Å². The van der Waals surface area contributed by atoms with Gasteiger partial charge in [0.15, 0.2) is 5.78 Å². The van der Waals surface area contributed by atoms with E-state index >= 15 is 0 Å². The van der Waals surface area contributed by atoms with Crippen molar-refractivity contribution in [2.45, 2.75) is 45.1 Å². The van der Waals surface area contributed by atoms with E-state index in [1.54, 1.807) is 11.9 Å². The summed E-state index contributed by atoms with van der Waals surface area (Å²) in [6.45, 7) is 0.561. The second-order valence-corrected chi connectivity index (χ2v) is 6.29. The second-order valence-electron chi connectivity index (χ2n) is 6.29. The van der Waals surface area contributed by atoms with Crippen LogP contribution < -0.4 is 5.32 Å². The molecule has 1 aromatic rings. The number of rotatable bonds is 3. The molecule has 1 aliphatic heterocycles. The number of urea groups is 1. The number of nitrogens with one attached hydrogen (secondary N) is 1. The smallest absolute Gasteiger partial charge is 0.321 e. The molecule has 1 heterocycles. The number of hydrogen-bond donors (Lipinski definition) is 1. The third kappa shape index (κ3) is 3.09. The van der Waals surface area contributed by atoms with Gasteiger partial charge in [-0.1, -0.05) is 32.1 Å². The van der Waals surface area contributed by atoms with Gasteiger partial charge in [0.1, 0.15) is 0 Å². The number of carbonyl (C=O) groups excluding carboxylic acids is 2. The monoisotopic (exact) mass is 286 g/mol. The number of ketones is 1. The summed E-state index contributed by atoms with van der Waals surface area (Å²) in [5.41, 5.74) is 2.63. The molecule has 0 bridgehead atoms. The molecule has 2 amide bonds. The lowest BCUT2D eigenvalue weighted by molar-refractivity contribution is 0.0950. The second kappa shape index (κ2) is 5.88. The largest absolute Gasteiger partial charge is 0.323 e. The zero-order valence-corrected chi connectivity index (χ0v) is 12.5. The molecule has 1 fully saturated rings. The van der Waals surface area contributed by atoms with Gasteiger partial charge in [0.25, 0.3) is 0 Å². The highest BCUT2D eigenvalue weighted by Crippen LogP contribution is 2.29. The Labute approximate surface area is 125 Å². The normalized spacial score (nSPS) is 19.1. The van der Waals surface area contributed by atoms with Crippen molar-refractivity contribution in [2.24, 2.45) is 5.92 Å². The predicted octanol–water partition coefficient (Wildman–Crippen LogP) is 3.82. The average molecular weight is 286 g/mol. The molecule has 0 aromatic heterocycles. The maximum atomic E-state index is 12.4. The van der Waals surface area contributed by atoms with E-state index in [0.717, 1.165) is 16.8 Å². The number of benzene rings is 1. The van der Waals surface area contributed by atoms with Gasteiger partial charge >= 0.3 is 6.03 Å². The van der Waals surface area contributed by atoms with Gasteiger partial charge in [-0.2, -0.15) is 0 Å². The number of anilines is 1. The van der Waals surface area contributed by atoms with Gasteiger partial charge < -0.3 is 10.2 Å². The Balaban J connectivity index is 1.72. The first-order valence-corrected chi connectivity index (χ1v) is 7.82. The predicted molar refractivity (Wildman–Crippen MR) is 82.5 cm³/mol. The van der Waals surface area contributed by atoms with Gasteiger partial charge in [0, 0.05) is 31.3 Å². The Morgan fingerprint density at radius 1 is 1.29 bits per heavy atom. The summed E-state index contributed by atoms with van der Waals surface area (Å²) in [6, 6.07) is 5.55. The Morgan fingerprint density at radius 3 is 2.81 bits per heavy atom. The van der Waals surface area contributed by atoms with Crippen LogP contribution >= 0.6 is 0 Å². The van der Waals surface area contributed by atoms with Crippen LogP contribution in [0.1, 0.15) is 54.4 Å². The molecular formula is C17H22N2O2. The molecule has 1 aliphatic carbocycles. The molecule has 0 spiro atoms. The summed E-state index contributed by atoms with van der Waals surface area (Å²) >= 11 is 0. The number of carbonyl (C=O) groups is 2. The van der Waals surface area contributed by atoms with Crippen molar-refractivity contribution >= 4 is 17.5 Å². The minimum atomic E-state index is -0.0937. The van der Waals surface area contributed by atoms with Crippen LogP contribution in [0, 0.1) is 5.92 Å². The summed E-state index contributed by atoms with van der Waals surface area (Å²) in [5, 5.41) is 2.83. The molecule has 21 heavy (non-hydrogen) atoms. The van der Waals surface area contributed by atoms with Crippen LogP contribution in [-0.4, -0.2) is 23.8 Å². The molecule has 0 saturated heterocycles. The topological polar surface area (TPSA) is 49.4 Å². The van der Waals surface area contributed by atoms with Crippen molar-refractivity contribution in [2.75, 3.05) is 12.4 Å². The lowest BCUT2D eigenvalue weighted by Crippen LogP contribution is -2.35. The van der Waals surface area contributed by atoms with Crippen molar-refractivity contribution < 1.29 is 9.59 Å². The van der Waals surface area contributed by atoms with Gasteiger partial charge in [-0.15, -0.1) is 0 Å². The number of nitrogens with zero attached hydrogens (tertiary/aromatic N) is 1. The summed E-state index contributed by atoms with van der Waals surface area (Å²) in [7, 11) is 1.76. The molecule has 4 heteroatoms. The van der Waals surface area contributed by atoms with Crippen LogP contribution in [0.15, 0.2) is 18.2 Å². The van der Waals surface area contributed by atoms with Gasteiger partial charge in [-0.3, -0.25) is 4.79 Å². The van der Waals surface area contributed by atoms with Crippen molar-refractivity contribution in [3.63, 3.8) is 0 Å². The quantitative estimate of drug-likeness (QED) is 0.859. The fraction of sp³-hybridized carbons (Fsp3) is 0.529. The average Bonchev–Trinajstić information content (AvgIpc) is 2.49. The van der Waals surface area contributed by atoms with E-state index in [9.17, 15) is 9.59 Å². The third-order valence-electron chi connectivity index (χ3n) is 4.62. The van der Waals surface area contributed by atoms with Crippen LogP contribution in [0.2, 0.25) is 0 Å². The first kappa shape index (κ1) is 14.1. The standard InChI is InChI=1S/C17H22N2O2/c1-19-11-14-10-13(7-8-15(14)18-17(19)21)16(20)9-12-5-3-2-4-6-12/h7-8,10,12H,2-6,9,11H2,1H3,(H,18,21). The van der Waals surface area contributed by atoms with Crippen LogP contribution in [0.25, 0.3) is 0 Å². The third-order valence-corrected chi connectivity index (χ3v) is 4.62. The molecule has 0 unspecified atom stereocenters. The van der Waals surface area contributed by atoms with Crippen LogP contribution in [-0.2, 0) is 6.54 Å². The highest BCUT2D eigenvalue weighted by molar-refractivity contribution is 5.98. The molecule has 2 aliphatic rings. The lowest BCUT2D eigenvalue weighted by atomic mass is 9.84. The summed E-state index contributed by atoms with van der Waals surface area (Å²) in [4.78, 5) is 25.7. The Bertz CT molecular complexity index is 562. The Morgan fingerprint density at radius 2 is 2.05 bits per heavy atom. The minimum absolute atomic E-state index is 0.0937.